The van der Waals surface area contributed by atoms with Crippen LogP contribution in [0, 0.1) is 5.41 Å². The number of allylic oxidation sites excluding steroid dienone is 3. The fourth-order valence-electron chi connectivity index (χ4n) is 2.95. The van der Waals surface area contributed by atoms with E-state index in [-0.39, 0.29) is 5.41 Å². The van der Waals surface area contributed by atoms with Gasteiger partial charge >= 0.3 is 17.9 Å². The molecular weight excluding hydrogens is 480 g/mol. The van der Waals surface area contributed by atoms with Crippen LogP contribution in [0.15, 0.2) is 30.5 Å². The Balaban J connectivity index is 0.000000405. The first-order chi connectivity index (χ1) is 16.2. The summed E-state index contributed by atoms with van der Waals surface area (Å²) < 4.78 is 5.81. The molecule has 10 nitrogen and oxygen atoms in total. The second-order valence-electron chi connectivity index (χ2n) is 9.22. The number of aliphatic hydroxyl groups is 1. The van der Waals surface area contributed by atoms with Gasteiger partial charge in [-0.25, -0.2) is 9.78 Å². The maximum atomic E-state index is 10.3. The molecule has 11 heteroatoms. The lowest BCUT2D eigenvalue weighted by atomic mass is 9.96. The molecule has 1 atom stereocenters. The van der Waals surface area contributed by atoms with Crippen molar-refractivity contribution in [3.8, 4) is 5.75 Å². The minimum atomic E-state index is -2.74. The molecule has 1 aliphatic heterocycles. The standard InChI is InChI=1S/C18H25ClN2O.C6H8O7/c1-18(2,3)9-5-4-7-14-11-16(12-21-17(14)19)22-13-15-8-6-10-20-15;7-3(8)1-6(13,5(11)12)2-4(9)10/h4-5,7,9,11-12,15,20H,6,8,10,13H2,1-3H3;13H,1-2H2,(H,7,8)(H,9,10)(H,11,12)/t15-;/m1./s1. The van der Waals surface area contributed by atoms with Crippen LogP contribution >= 0.6 is 11.6 Å². The third-order valence-electron chi connectivity index (χ3n) is 4.72. The first kappa shape index (κ1) is 30.1. The molecule has 0 unspecified atom stereocenters. The molecule has 1 aromatic heterocycles. The van der Waals surface area contributed by atoms with Gasteiger partial charge < -0.3 is 30.5 Å². The summed E-state index contributed by atoms with van der Waals surface area (Å²) in [7, 11) is 0. The molecule has 35 heavy (non-hydrogen) atoms. The van der Waals surface area contributed by atoms with E-state index in [1.54, 1.807) is 6.20 Å². The van der Waals surface area contributed by atoms with Gasteiger partial charge in [-0.2, -0.15) is 0 Å². The van der Waals surface area contributed by atoms with Crippen LogP contribution in [0.5, 0.6) is 5.75 Å². The Bertz CT molecular complexity index is 918. The normalized spacial score (nSPS) is 16.2. The molecule has 1 aromatic rings. The Morgan fingerprint density at radius 3 is 2.29 bits per heavy atom. The average Bonchev–Trinajstić information content (AvgIpc) is 3.23. The predicted molar refractivity (Wildman–Crippen MR) is 130 cm³/mol. The fraction of sp³-hybridized carbons (Fsp3) is 0.500. The molecule has 0 saturated carbocycles. The van der Waals surface area contributed by atoms with Gasteiger partial charge in [-0.15, -0.1) is 0 Å². The monoisotopic (exact) mass is 512 g/mol. The predicted octanol–water partition coefficient (Wildman–Crippen LogP) is 3.23. The van der Waals surface area contributed by atoms with Crippen molar-refractivity contribution < 1.29 is 39.5 Å². The number of pyridine rings is 1. The Morgan fingerprint density at radius 2 is 1.80 bits per heavy atom. The number of rotatable bonds is 10. The number of aliphatic carboxylic acids is 3. The molecule has 2 rings (SSSR count). The van der Waals surface area contributed by atoms with Gasteiger partial charge in [0, 0.05) is 11.6 Å². The lowest BCUT2D eigenvalue weighted by Crippen LogP contribution is -2.42. The number of nitrogens with one attached hydrogen (secondary N) is 1. The molecule has 0 aromatic carbocycles. The fourth-order valence-corrected chi connectivity index (χ4v) is 3.12. The highest BCUT2D eigenvalue weighted by molar-refractivity contribution is 6.30. The third kappa shape index (κ3) is 12.4. The van der Waals surface area contributed by atoms with Crippen LogP contribution in [0.4, 0.5) is 0 Å². The second kappa shape index (κ2) is 13.8. The number of hydrogen-bond acceptors (Lipinski definition) is 7. The smallest absolute Gasteiger partial charge is 0.336 e. The number of hydrogen-bond donors (Lipinski definition) is 5. The summed E-state index contributed by atoms with van der Waals surface area (Å²) in [6, 6.07) is 2.38. The number of aromatic nitrogens is 1. The van der Waals surface area contributed by atoms with Gasteiger partial charge in [-0.05, 0) is 30.9 Å². The Kier molecular flexibility index (Phi) is 11.9. The van der Waals surface area contributed by atoms with Crippen LogP contribution in [-0.2, 0) is 14.4 Å². The van der Waals surface area contributed by atoms with Gasteiger partial charge in [0.1, 0.15) is 17.5 Å². The lowest BCUT2D eigenvalue weighted by molar-refractivity contribution is -0.170. The first-order valence-corrected chi connectivity index (χ1v) is 11.4. The van der Waals surface area contributed by atoms with Crippen molar-refractivity contribution in [3.63, 3.8) is 0 Å². The van der Waals surface area contributed by atoms with Gasteiger partial charge in [0.15, 0.2) is 5.60 Å². The van der Waals surface area contributed by atoms with Crippen LogP contribution in [0.1, 0.15) is 52.0 Å². The van der Waals surface area contributed by atoms with Gasteiger partial charge in [0.05, 0.1) is 19.0 Å². The van der Waals surface area contributed by atoms with Crippen LogP contribution < -0.4 is 10.1 Å². The summed E-state index contributed by atoms with van der Waals surface area (Å²) in [6.07, 6.45) is 9.91. The number of carboxylic acid groups (broad SMARTS) is 3. The van der Waals surface area contributed by atoms with E-state index in [1.807, 2.05) is 24.3 Å². The third-order valence-corrected chi connectivity index (χ3v) is 5.04. The zero-order valence-corrected chi connectivity index (χ0v) is 20.8. The lowest BCUT2D eigenvalue weighted by Gasteiger charge is -2.18. The maximum Gasteiger partial charge on any atom is 0.336 e. The average molecular weight is 513 g/mol. The maximum absolute atomic E-state index is 10.3. The molecular formula is C24H33ClN2O8. The molecule has 194 valence electrons. The van der Waals surface area contributed by atoms with Crippen molar-refractivity contribution >= 4 is 35.6 Å². The van der Waals surface area contributed by atoms with E-state index in [0.717, 1.165) is 17.9 Å². The summed E-state index contributed by atoms with van der Waals surface area (Å²) >= 11 is 6.14. The van der Waals surface area contributed by atoms with Crippen molar-refractivity contribution in [2.75, 3.05) is 13.2 Å². The van der Waals surface area contributed by atoms with Gasteiger partial charge in [-0.1, -0.05) is 56.7 Å². The largest absolute Gasteiger partial charge is 0.490 e. The molecule has 2 heterocycles. The highest BCUT2D eigenvalue weighted by atomic mass is 35.5. The molecule has 0 aliphatic carbocycles. The zero-order valence-electron chi connectivity index (χ0n) is 20.0. The summed E-state index contributed by atoms with van der Waals surface area (Å²) in [5.74, 6) is -4.26. The summed E-state index contributed by atoms with van der Waals surface area (Å²) in [6.45, 7) is 8.25. The summed E-state index contributed by atoms with van der Waals surface area (Å²) in [5.41, 5.74) is -1.69. The number of carboxylic acids is 3. The minimum absolute atomic E-state index is 0.172. The highest BCUT2D eigenvalue weighted by Gasteiger charge is 2.40. The van der Waals surface area contributed by atoms with Crippen molar-refractivity contribution in [1.29, 1.82) is 0 Å². The number of ether oxygens (including phenoxy) is 1. The molecule has 1 fully saturated rings. The molecule has 1 saturated heterocycles. The number of halogens is 1. The quantitative estimate of drug-likeness (QED) is 0.232. The number of carbonyl (C=O) groups is 3. The molecule has 0 amide bonds. The first-order valence-electron chi connectivity index (χ1n) is 11.0. The van der Waals surface area contributed by atoms with Gasteiger partial charge in [0.2, 0.25) is 0 Å². The van der Waals surface area contributed by atoms with Crippen molar-refractivity contribution in [2.45, 2.75) is 58.1 Å². The Labute approximate surface area is 209 Å². The van der Waals surface area contributed by atoms with E-state index >= 15 is 0 Å². The van der Waals surface area contributed by atoms with Gasteiger partial charge in [-0.3, -0.25) is 9.59 Å². The van der Waals surface area contributed by atoms with E-state index in [4.69, 9.17) is 36.8 Å². The SMILES string of the molecule is CC(C)(C)C=CC=Cc1cc(OC[C@H]2CCCN2)cnc1Cl.O=C(O)CC(O)(CC(=O)O)C(=O)O. The summed E-state index contributed by atoms with van der Waals surface area (Å²) in [4.78, 5) is 34.7. The highest BCUT2D eigenvalue weighted by Crippen LogP contribution is 2.22. The van der Waals surface area contributed by atoms with Crippen molar-refractivity contribution in [3.05, 3.63) is 41.2 Å². The van der Waals surface area contributed by atoms with E-state index < -0.39 is 36.4 Å². The molecule has 0 bridgehead atoms. The Hall–Kier alpha value is -2.95. The zero-order chi connectivity index (χ0) is 26.6. The molecule has 5 N–H and O–H groups in total. The van der Waals surface area contributed by atoms with E-state index in [9.17, 15) is 14.4 Å². The van der Waals surface area contributed by atoms with Crippen molar-refractivity contribution in [2.24, 2.45) is 5.41 Å². The van der Waals surface area contributed by atoms with E-state index in [2.05, 4.69) is 37.1 Å². The minimum Gasteiger partial charge on any atom is -0.490 e. The van der Waals surface area contributed by atoms with Crippen LogP contribution in [-0.4, -0.2) is 68.1 Å². The molecule has 0 radical (unpaired) electrons. The van der Waals surface area contributed by atoms with E-state index in [0.29, 0.717) is 17.8 Å². The van der Waals surface area contributed by atoms with Crippen molar-refractivity contribution in [1.82, 2.24) is 10.3 Å². The molecule has 1 aliphatic rings. The summed E-state index contributed by atoms with van der Waals surface area (Å²) in [5, 5.41) is 37.7. The second-order valence-corrected chi connectivity index (χ2v) is 9.58. The Morgan fingerprint density at radius 1 is 1.17 bits per heavy atom. The van der Waals surface area contributed by atoms with E-state index in [1.165, 1.54) is 12.8 Å². The van der Waals surface area contributed by atoms with Crippen LogP contribution in [0.3, 0.4) is 0 Å². The van der Waals surface area contributed by atoms with Gasteiger partial charge in [0.25, 0.3) is 0 Å². The van der Waals surface area contributed by atoms with Crippen LogP contribution in [0.2, 0.25) is 5.15 Å². The number of nitrogens with zero attached hydrogens (tertiary/aromatic N) is 1. The topological polar surface area (TPSA) is 166 Å². The molecule has 0 spiro atoms. The van der Waals surface area contributed by atoms with Crippen LogP contribution in [0.25, 0.3) is 6.08 Å².